The molecular formula is C15H20N2OS. The molecule has 2 aromatic rings. The summed E-state index contributed by atoms with van der Waals surface area (Å²) >= 11 is 5.50. The van der Waals surface area contributed by atoms with Crippen LogP contribution in [-0.4, -0.2) is 15.7 Å². The van der Waals surface area contributed by atoms with Crippen molar-refractivity contribution in [3.63, 3.8) is 0 Å². The molecule has 1 heterocycles. The number of hydrogen-bond donors (Lipinski definition) is 1. The fourth-order valence-electron chi connectivity index (χ4n) is 2.66. The van der Waals surface area contributed by atoms with Crippen LogP contribution < -0.4 is 4.74 Å². The van der Waals surface area contributed by atoms with E-state index in [0.717, 1.165) is 21.6 Å². The summed E-state index contributed by atoms with van der Waals surface area (Å²) in [5, 5.41) is 0. The van der Waals surface area contributed by atoms with Crippen LogP contribution in [0.4, 0.5) is 0 Å². The molecule has 0 bridgehead atoms. The number of H-pyrrole nitrogens is 1. The lowest BCUT2D eigenvalue weighted by Crippen LogP contribution is -2.06. The van der Waals surface area contributed by atoms with Crippen LogP contribution in [0, 0.1) is 10.2 Å². The van der Waals surface area contributed by atoms with Gasteiger partial charge in [0.25, 0.3) is 0 Å². The number of aromatic amines is 1. The van der Waals surface area contributed by atoms with Gasteiger partial charge in [0, 0.05) is 6.04 Å². The van der Waals surface area contributed by atoms with Crippen LogP contribution in [0.5, 0.6) is 5.75 Å². The van der Waals surface area contributed by atoms with E-state index in [1.807, 2.05) is 26.0 Å². The van der Waals surface area contributed by atoms with Gasteiger partial charge in [-0.25, -0.2) is 0 Å². The zero-order chi connectivity index (χ0) is 13.8. The molecule has 0 radical (unpaired) electrons. The topological polar surface area (TPSA) is 29.9 Å². The van der Waals surface area contributed by atoms with Crippen molar-refractivity contribution in [3.8, 4) is 5.75 Å². The van der Waals surface area contributed by atoms with Gasteiger partial charge in [-0.05, 0) is 50.0 Å². The number of imidazole rings is 1. The fraction of sp³-hybridized carbons (Fsp3) is 0.533. The molecular weight excluding hydrogens is 256 g/mol. The second-order valence-electron chi connectivity index (χ2n) is 6.33. The quantitative estimate of drug-likeness (QED) is 0.839. The first-order chi connectivity index (χ1) is 8.90. The van der Waals surface area contributed by atoms with Crippen LogP contribution in [0.1, 0.15) is 40.2 Å². The van der Waals surface area contributed by atoms with Gasteiger partial charge in [0.05, 0.1) is 11.6 Å². The Bertz CT molecular complexity index is 681. The molecule has 3 rings (SSSR count). The van der Waals surface area contributed by atoms with E-state index in [4.69, 9.17) is 17.0 Å². The molecule has 1 aliphatic carbocycles. The molecule has 0 spiro atoms. The van der Waals surface area contributed by atoms with E-state index < -0.39 is 0 Å². The Kier molecular flexibility index (Phi) is 2.75. The van der Waals surface area contributed by atoms with Crippen molar-refractivity contribution < 1.29 is 4.74 Å². The molecule has 1 unspecified atom stereocenters. The van der Waals surface area contributed by atoms with Crippen LogP contribution in [0.15, 0.2) is 18.2 Å². The van der Waals surface area contributed by atoms with E-state index in [-0.39, 0.29) is 6.10 Å². The maximum absolute atomic E-state index is 5.86. The predicted octanol–water partition coefficient (Wildman–Crippen LogP) is 4.46. The van der Waals surface area contributed by atoms with Gasteiger partial charge in [0.15, 0.2) is 4.77 Å². The number of hydrogen-bond acceptors (Lipinski definition) is 2. The third kappa shape index (κ3) is 2.08. The van der Waals surface area contributed by atoms with E-state index in [1.54, 1.807) is 0 Å². The van der Waals surface area contributed by atoms with Crippen LogP contribution in [-0.2, 0) is 0 Å². The van der Waals surface area contributed by atoms with Crippen LogP contribution in [0.25, 0.3) is 11.0 Å². The molecule has 19 heavy (non-hydrogen) atoms. The number of rotatable bonds is 3. The second kappa shape index (κ2) is 4.10. The first-order valence-corrected chi connectivity index (χ1v) is 7.21. The summed E-state index contributed by atoms with van der Waals surface area (Å²) in [5.74, 6) is 0.885. The van der Waals surface area contributed by atoms with Crippen molar-refractivity contribution in [2.45, 2.75) is 46.3 Å². The monoisotopic (exact) mass is 276 g/mol. The van der Waals surface area contributed by atoms with Gasteiger partial charge < -0.3 is 14.3 Å². The molecule has 1 atom stereocenters. The standard InChI is InChI=1S/C15H20N2OS/c1-9(2)18-11-7-5-6-10-13(11)16-14(19)17(10)12-8-15(12,3)4/h5-7,9,12H,8H2,1-4H3,(H,16,19). The number of nitrogens with zero attached hydrogens (tertiary/aromatic N) is 1. The molecule has 1 aromatic heterocycles. The number of aromatic nitrogens is 2. The highest BCUT2D eigenvalue weighted by Gasteiger charge is 2.48. The smallest absolute Gasteiger partial charge is 0.178 e. The highest BCUT2D eigenvalue weighted by molar-refractivity contribution is 7.71. The van der Waals surface area contributed by atoms with Crippen LogP contribution >= 0.6 is 12.2 Å². The zero-order valence-electron chi connectivity index (χ0n) is 11.9. The van der Waals surface area contributed by atoms with Gasteiger partial charge in [0.2, 0.25) is 0 Å². The summed E-state index contributed by atoms with van der Waals surface area (Å²) < 4.78 is 8.90. The van der Waals surface area contributed by atoms with Crippen molar-refractivity contribution >= 4 is 23.3 Å². The average Bonchev–Trinajstić information content (AvgIpc) is 2.78. The molecule has 0 aliphatic heterocycles. The molecule has 0 saturated heterocycles. The Morgan fingerprint density at radius 1 is 1.42 bits per heavy atom. The largest absolute Gasteiger partial charge is 0.489 e. The summed E-state index contributed by atoms with van der Waals surface area (Å²) in [7, 11) is 0. The summed E-state index contributed by atoms with van der Waals surface area (Å²) in [5.41, 5.74) is 2.52. The summed E-state index contributed by atoms with van der Waals surface area (Å²) in [6.45, 7) is 8.64. The van der Waals surface area contributed by atoms with Gasteiger partial charge in [-0.2, -0.15) is 0 Å². The van der Waals surface area contributed by atoms with E-state index in [1.165, 1.54) is 6.42 Å². The van der Waals surface area contributed by atoms with Crippen molar-refractivity contribution in [2.24, 2.45) is 5.41 Å². The SMILES string of the molecule is CC(C)Oc1cccc2c1[nH]c(=S)n2C1CC1(C)C. The van der Waals surface area contributed by atoms with Gasteiger partial charge >= 0.3 is 0 Å². The van der Waals surface area contributed by atoms with Crippen molar-refractivity contribution in [2.75, 3.05) is 0 Å². The molecule has 1 aliphatic rings. The Labute approximate surface area is 118 Å². The van der Waals surface area contributed by atoms with Crippen LogP contribution in [0.2, 0.25) is 0 Å². The van der Waals surface area contributed by atoms with E-state index in [0.29, 0.717) is 11.5 Å². The second-order valence-corrected chi connectivity index (χ2v) is 6.71. The number of nitrogens with one attached hydrogen (secondary N) is 1. The Morgan fingerprint density at radius 3 is 2.68 bits per heavy atom. The highest BCUT2D eigenvalue weighted by atomic mass is 32.1. The van der Waals surface area contributed by atoms with Crippen molar-refractivity contribution in [3.05, 3.63) is 23.0 Å². The molecule has 1 saturated carbocycles. The molecule has 1 N–H and O–H groups in total. The lowest BCUT2D eigenvalue weighted by atomic mass is 10.2. The van der Waals surface area contributed by atoms with Gasteiger partial charge in [0.1, 0.15) is 11.3 Å². The number of fused-ring (bicyclic) bond motifs is 1. The van der Waals surface area contributed by atoms with Crippen molar-refractivity contribution in [1.29, 1.82) is 0 Å². The minimum atomic E-state index is 0.160. The van der Waals surface area contributed by atoms with E-state index in [9.17, 15) is 0 Å². The molecule has 1 aromatic carbocycles. The number of ether oxygens (including phenoxy) is 1. The minimum absolute atomic E-state index is 0.160. The van der Waals surface area contributed by atoms with E-state index in [2.05, 4.69) is 29.5 Å². The van der Waals surface area contributed by atoms with Gasteiger partial charge in [-0.3, -0.25) is 0 Å². The molecule has 1 fully saturated rings. The third-order valence-corrected chi connectivity index (χ3v) is 4.15. The normalized spacial score (nSPS) is 21.0. The predicted molar refractivity (Wildman–Crippen MR) is 80.3 cm³/mol. The molecule has 4 heteroatoms. The Balaban J connectivity index is 2.15. The minimum Gasteiger partial charge on any atom is -0.489 e. The fourth-order valence-corrected chi connectivity index (χ4v) is 2.99. The number of benzene rings is 1. The zero-order valence-corrected chi connectivity index (χ0v) is 12.7. The van der Waals surface area contributed by atoms with Crippen LogP contribution in [0.3, 0.4) is 0 Å². The van der Waals surface area contributed by atoms with Crippen molar-refractivity contribution in [1.82, 2.24) is 9.55 Å². The van der Waals surface area contributed by atoms with Gasteiger partial charge in [-0.1, -0.05) is 19.9 Å². The third-order valence-electron chi connectivity index (χ3n) is 3.85. The number of para-hydroxylation sites is 1. The summed E-state index contributed by atoms with van der Waals surface area (Å²) in [6.07, 6.45) is 1.34. The lowest BCUT2D eigenvalue weighted by Gasteiger charge is -2.11. The summed E-state index contributed by atoms with van der Waals surface area (Å²) in [6, 6.07) is 6.65. The maximum Gasteiger partial charge on any atom is 0.178 e. The molecule has 3 nitrogen and oxygen atoms in total. The first-order valence-electron chi connectivity index (χ1n) is 6.80. The van der Waals surface area contributed by atoms with Gasteiger partial charge in [-0.15, -0.1) is 0 Å². The Morgan fingerprint density at radius 2 is 2.11 bits per heavy atom. The highest BCUT2D eigenvalue weighted by Crippen LogP contribution is 2.56. The Hall–Kier alpha value is -1.29. The summed E-state index contributed by atoms with van der Waals surface area (Å²) in [4.78, 5) is 3.31. The molecule has 102 valence electrons. The molecule has 0 amide bonds. The average molecular weight is 276 g/mol. The lowest BCUT2D eigenvalue weighted by molar-refractivity contribution is 0.245. The first kappa shape index (κ1) is 12.7. The van der Waals surface area contributed by atoms with E-state index >= 15 is 0 Å². The maximum atomic E-state index is 5.86.